The van der Waals surface area contributed by atoms with E-state index >= 15 is 14.4 Å². The molecule has 5 aromatic carbocycles. The van der Waals surface area contributed by atoms with Gasteiger partial charge < -0.3 is 53.4 Å². The number of carbonyl (C=O) groups excluding carboxylic acids is 8. The molecule has 90 heavy (non-hydrogen) atoms. The predicted octanol–water partition coefficient (Wildman–Crippen LogP) is 10.5. The van der Waals surface area contributed by atoms with Crippen LogP contribution in [0.25, 0.3) is 11.1 Å². The Balaban J connectivity index is 1.07. The van der Waals surface area contributed by atoms with Gasteiger partial charge in [-0.25, -0.2) is 14.4 Å². The van der Waals surface area contributed by atoms with E-state index in [1.165, 1.54) is 26.0 Å². The molecule has 10 rings (SSSR count). The largest absolute Gasteiger partial charge is 0.460 e. The zero-order chi connectivity index (χ0) is 64.9. The molecular weight excluding hydrogens is 1160 g/mol. The fraction of sp³-hybridized carbons (Fsp3) is 0.437. The normalized spacial score (nSPS) is 26.4. The Morgan fingerprint density at radius 1 is 0.744 bits per heavy atom. The van der Waals surface area contributed by atoms with Crippen LogP contribution in [0.4, 0.5) is 4.79 Å². The van der Waals surface area contributed by atoms with Gasteiger partial charge in [-0.1, -0.05) is 150 Å². The summed E-state index contributed by atoms with van der Waals surface area (Å²) in [6.07, 6.45) is -11.2. The van der Waals surface area contributed by atoms with Crippen LogP contribution in [0.1, 0.15) is 131 Å². The minimum Gasteiger partial charge on any atom is -0.460 e. The highest BCUT2D eigenvalue weighted by Gasteiger charge is 2.77. The third kappa shape index (κ3) is 11.8. The third-order valence-electron chi connectivity index (χ3n) is 20.1. The van der Waals surface area contributed by atoms with Crippen molar-refractivity contribution < 1.29 is 76.3 Å². The van der Waals surface area contributed by atoms with E-state index in [0.717, 1.165) is 29.2 Å². The number of ether oxygens (including phenoxy) is 6. The maximum absolute atomic E-state index is 16.7. The number of hydrogen-bond donors (Lipinski definition) is 3. The van der Waals surface area contributed by atoms with Crippen molar-refractivity contribution in [2.45, 2.75) is 154 Å². The topological polar surface area (TPSA) is 245 Å². The first-order valence-electron chi connectivity index (χ1n) is 30.6. The molecule has 2 amide bonds. The molecule has 1 heterocycles. The number of hydrogen-bond acceptors (Lipinski definition) is 16. The molecule has 3 unspecified atom stereocenters. The number of aliphatic hydroxyl groups is 1. The van der Waals surface area contributed by atoms with Gasteiger partial charge in [-0.05, 0) is 102 Å². The Morgan fingerprint density at radius 2 is 1.31 bits per heavy atom. The van der Waals surface area contributed by atoms with Gasteiger partial charge in [0.15, 0.2) is 26.3 Å². The predicted molar refractivity (Wildman–Crippen MR) is 334 cm³/mol. The molecule has 3 N–H and O–H groups in total. The molecule has 1 saturated heterocycles. The van der Waals surface area contributed by atoms with E-state index < -0.39 is 138 Å². The first-order chi connectivity index (χ1) is 42.5. The Labute approximate surface area is 525 Å². The standard InChI is InChI=1S/C71H80N2O16Si/c1-41(74)36-70-40-84-54(70)35-53(87-55(76)38-72-66(81)83-39-51-49-33-23-21-31-47(49)48-32-22-24-34-50(48)51)69(9)60(70)62(88-64(79)46-29-19-14-20-30-46)71(82)37-52(42(2)56(68(71,7)8)58(61(69)77)85-43(3)75)86-65(80)59(89-90(10,11)67(4,5)6)57(44-25-15-12-16-26-44)73-63(78)45-27-17-13-18-28-45/h12-34,51-54,57-60,62,82H,35-40H2,1-11H3,(H,72,81)(H,73,78)/t52-,53?,54+,57?,58+,59+,60?,62-,69+,70+,71+/m0/s1. The van der Waals surface area contributed by atoms with Gasteiger partial charge in [-0.3, -0.25) is 19.2 Å². The summed E-state index contributed by atoms with van der Waals surface area (Å²) in [4.78, 5) is 118. The molecule has 3 fully saturated rings. The van der Waals surface area contributed by atoms with Gasteiger partial charge in [-0.2, -0.15) is 0 Å². The lowest BCUT2D eigenvalue weighted by molar-refractivity contribution is -0.320. The van der Waals surface area contributed by atoms with Gasteiger partial charge in [0.25, 0.3) is 5.91 Å². The number of fused-ring (bicyclic) bond motifs is 8. The second kappa shape index (κ2) is 24.9. The summed E-state index contributed by atoms with van der Waals surface area (Å²) in [5.74, 6) is -7.29. The average Bonchev–Trinajstić information content (AvgIpc) is 0.770. The fourth-order valence-corrected chi connectivity index (χ4v) is 15.7. The number of amides is 2. The summed E-state index contributed by atoms with van der Waals surface area (Å²) in [7, 11) is -3.01. The number of carbonyl (C=O) groups is 8. The van der Waals surface area contributed by atoms with Crippen LogP contribution in [0.5, 0.6) is 0 Å². The average molecular weight is 1250 g/mol. The van der Waals surface area contributed by atoms with Gasteiger partial charge in [0, 0.05) is 54.4 Å². The maximum Gasteiger partial charge on any atom is 0.407 e. The Kier molecular flexibility index (Phi) is 18.0. The molecule has 0 radical (unpaired) electrons. The number of rotatable bonds is 18. The molecule has 19 heteroatoms. The smallest absolute Gasteiger partial charge is 0.407 e. The molecular formula is C71H80N2O16Si. The van der Waals surface area contributed by atoms with E-state index in [0.29, 0.717) is 11.1 Å². The molecule has 18 nitrogen and oxygen atoms in total. The Hall–Kier alpha value is -8.10. The van der Waals surface area contributed by atoms with E-state index in [1.54, 1.807) is 99.6 Å². The van der Waals surface area contributed by atoms with Crippen LogP contribution < -0.4 is 10.6 Å². The van der Waals surface area contributed by atoms with Gasteiger partial charge in [0.1, 0.15) is 42.8 Å². The number of esters is 4. The van der Waals surface area contributed by atoms with Gasteiger partial charge in [0.05, 0.1) is 29.7 Å². The molecule has 11 atom stereocenters. The summed E-state index contributed by atoms with van der Waals surface area (Å²) in [6.45, 7) is 17.7. The molecule has 474 valence electrons. The minimum atomic E-state index is -3.01. The summed E-state index contributed by atoms with van der Waals surface area (Å²) in [5, 5.41) is 19.6. The molecule has 4 aliphatic carbocycles. The minimum absolute atomic E-state index is 0.00291. The summed E-state index contributed by atoms with van der Waals surface area (Å²) in [5.41, 5.74) is -2.66. The van der Waals surface area contributed by atoms with Crippen LogP contribution in [0, 0.1) is 22.2 Å². The van der Waals surface area contributed by atoms with Crippen LogP contribution in [-0.4, -0.2) is 123 Å². The van der Waals surface area contributed by atoms with Gasteiger partial charge in [-0.15, -0.1) is 0 Å². The van der Waals surface area contributed by atoms with E-state index in [1.807, 2.05) is 82.4 Å². The lowest BCUT2D eigenvalue weighted by Crippen LogP contribution is -2.79. The number of Topliss-reactive ketones (excluding diaryl/α,β-unsaturated/α-hetero) is 2. The maximum atomic E-state index is 16.7. The fourth-order valence-electron chi connectivity index (χ4n) is 14.5. The summed E-state index contributed by atoms with van der Waals surface area (Å²) < 4.78 is 45.3. The first kappa shape index (κ1) is 64.9. The molecule has 5 aliphatic rings. The number of ketones is 2. The van der Waals surface area contributed by atoms with Crippen molar-refractivity contribution in [1.82, 2.24) is 10.6 Å². The highest BCUT2D eigenvalue weighted by molar-refractivity contribution is 6.74. The first-order valence-corrected chi connectivity index (χ1v) is 33.5. The van der Waals surface area contributed by atoms with Crippen molar-refractivity contribution in [3.8, 4) is 11.1 Å². The van der Waals surface area contributed by atoms with E-state index in [4.69, 9.17) is 32.8 Å². The van der Waals surface area contributed by atoms with Crippen molar-refractivity contribution in [2.75, 3.05) is 19.8 Å². The SMILES string of the molecule is CC(=O)C[C@@]12CO[C@@H]1CC(OC(=O)CNC(=O)OCC1c3ccccc3-c3ccccc31)[C@@]1(C)C(=O)[C@H](OC(C)=O)C3=C(C)[C@@H](OC(=O)[C@H](O[Si](C)(C)C(C)(C)C)C(NC(=O)c4ccccc4)c4ccccc4)C[C@@](O)([C@@H](OC(=O)c4ccccc4)C12)C3(C)C. The van der Waals surface area contributed by atoms with E-state index in [2.05, 4.69) is 10.6 Å². The zero-order valence-corrected chi connectivity index (χ0v) is 53.8. The van der Waals surface area contributed by atoms with Gasteiger partial charge in [0.2, 0.25) is 0 Å². The van der Waals surface area contributed by atoms with Crippen LogP contribution >= 0.6 is 0 Å². The second-order valence-electron chi connectivity index (χ2n) is 26.9. The number of benzene rings is 5. The van der Waals surface area contributed by atoms with Crippen LogP contribution in [0.3, 0.4) is 0 Å². The molecule has 2 saturated carbocycles. The lowest BCUT2D eigenvalue weighted by atomic mass is 9.41. The third-order valence-corrected chi connectivity index (χ3v) is 24.6. The van der Waals surface area contributed by atoms with Crippen molar-refractivity contribution in [3.05, 3.63) is 178 Å². The highest BCUT2D eigenvalue weighted by Crippen LogP contribution is 2.68. The monoisotopic (exact) mass is 1240 g/mol. The second-order valence-corrected chi connectivity index (χ2v) is 31.7. The van der Waals surface area contributed by atoms with Crippen LogP contribution in [0.2, 0.25) is 18.1 Å². The zero-order valence-electron chi connectivity index (χ0n) is 52.8. The molecule has 0 aromatic heterocycles. The lowest BCUT2D eigenvalue weighted by Gasteiger charge is -2.68. The van der Waals surface area contributed by atoms with Crippen molar-refractivity contribution >= 4 is 55.8 Å². The van der Waals surface area contributed by atoms with Crippen molar-refractivity contribution in [1.29, 1.82) is 0 Å². The summed E-state index contributed by atoms with van der Waals surface area (Å²) >= 11 is 0. The van der Waals surface area contributed by atoms with E-state index in [9.17, 15) is 29.1 Å². The highest BCUT2D eigenvalue weighted by atomic mass is 28.4. The van der Waals surface area contributed by atoms with Crippen LogP contribution in [-0.2, 0) is 56.8 Å². The van der Waals surface area contributed by atoms with Gasteiger partial charge >= 0.3 is 30.0 Å². The van der Waals surface area contributed by atoms with Crippen molar-refractivity contribution in [3.63, 3.8) is 0 Å². The number of alkyl carbamates (subject to hydrolysis) is 1. The summed E-state index contributed by atoms with van der Waals surface area (Å²) in [6, 6.07) is 39.8. The molecule has 0 spiro atoms. The van der Waals surface area contributed by atoms with Crippen molar-refractivity contribution in [2.24, 2.45) is 22.2 Å². The quantitative estimate of drug-likeness (QED) is 0.0319. The molecule has 2 bridgehead atoms. The number of nitrogens with one attached hydrogen (secondary N) is 2. The molecule has 5 aromatic rings. The van der Waals surface area contributed by atoms with Crippen LogP contribution in [0.15, 0.2) is 151 Å². The Morgan fingerprint density at radius 3 is 1.87 bits per heavy atom. The Bertz CT molecular complexity index is 3600. The van der Waals surface area contributed by atoms with E-state index in [-0.39, 0.29) is 54.5 Å². The molecule has 1 aliphatic heterocycles.